The number of aromatic nitrogens is 2. The number of amides is 2. The number of aliphatic carboxylic acids is 1. The highest BCUT2D eigenvalue weighted by molar-refractivity contribution is 5.92. The third kappa shape index (κ3) is 6.18. The summed E-state index contributed by atoms with van der Waals surface area (Å²) in [4.78, 5) is 42.6. The van der Waals surface area contributed by atoms with Crippen LogP contribution in [0.15, 0.2) is 42.9 Å². The number of aliphatic hydroxyl groups excluding tert-OH is 1. The quantitative estimate of drug-likeness (QED) is 0.289. The molecule has 0 aliphatic carbocycles. The molecule has 7 N–H and O–H groups in total. The van der Waals surface area contributed by atoms with Crippen LogP contribution in [0.1, 0.15) is 11.3 Å². The van der Waals surface area contributed by atoms with Gasteiger partial charge in [-0.15, -0.1) is 0 Å². The standard InChI is InChI=1S/C18H23N5O5/c19-13(7-12-8-20-10-21-12)16(25)23-15(9-24)17(26)22-14(18(27)28)6-11-4-2-1-3-5-11/h1-5,8,10,13-15,24H,6-7,9,19H2,(H,20,21)(H,22,26)(H,23,25)(H,27,28)/t13-,14-,15-/m0/s1. The molecule has 10 heteroatoms. The Morgan fingerprint density at radius 1 is 1.07 bits per heavy atom. The summed E-state index contributed by atoms with van der Waals surface area (Å²) in [6.45, 7) is -0.702. The number of benzene rings is 1. The summed E-state index contributed by atoms with van der Waals surface area (Å²) in [6, 6.07) is 5.28. The van der Waals surface area contributed by atoms with Crippen molar-refractivity contribution in [3.05, 3.63) is 54.1 Å². The maximum absolute atomic E-state index is 12.3. The van der Waals surface area contributed by atoms with E-state index in [2.05, 4.69) is 20.6 Å². The molecular formula is C18H23N5O5. The van der Waals surface area contributed by atoms with Gasteiger partial charge in [-0.25, -0.2) is 9.78 Å². The van der Waals surface area contributed by atoms with Crippen molar-refractivity contribution in [2.45, 2.75) is 31.0 Å². The van der Waals surface area contributed by atoms with Gasteiger partial charge in [0.25, 0.3) is 0 Å². The van der Waals surface area contributed by atoms with Crippen LogP contribution in [0.5, 0.6) is 0 Å². The van der Waals surface area contributed by atoms with E-state index >= 15 is 0 Å². The number of hydrogen-bond acceptors (Lipinski definition) is 6. The Balaban J connectivity index is 1.94. The van der Waals surface area contributed by atoms with Crippen molar-refractivity contribution >= 4 is 17.8 Å². The summed E-state index contributed by atoms with van der Waals surface area (Å²) >= 11 is 0. The predicted molar refractivity (Wildman–Crippen MR) is 99.0 cm³/mol. The van der Waals surface area contributed by atoms with Crippen molar-refractivity contribution in [2.24, 2.45) is 5.73 Å². The number of carboxylic acid groups (broad SMARTS) is 1. The van der Waals surface area contributed by atoms with E-state index in [-0.39, 0.29) is 12.8 Å². The molecule has 0 bridgehead atoms. The number of carbonyl (C=O) groups is 3. The fraction of sp³-hybridized carbons (Fsp3) is 0.333. The third-order valence-corrected chi connectivity index (χ3v) is 4.04. The van der Waals surface area contributed by atoms with Crippen molar-refractivity contribution in [1.82, 2.24) is 20.6 Å². The van der Waals surface area contributed by atoms with Gasteiger partial charge in [-0.05, 0) is 5.56 Å². The number of H-pyrrole nitrogens is 1. The van der Waals surface area contributed by atoms with E-state index in [1.807, 2.05) is 0 Å². The summed E-state index contributed by atoms with van der Waals surface area (Å²) in [5.74, 6) is -2.69. The van der Waals surface area contributed by atoms with Gasteiger partial charge in [0.15, 0.2) is 0 Å². The SMILES string of the molecule is N[C@@H](Cc1cnc[nH]1)C(=O)N[C@@H](CO)C(=O)N[C@@H](Cc1ccccc1)C(=O)O. The molecule has 3 atom stereocenters. The minimum absolute atomic E-state index is 0.0628. The minimum Gasteiger partial charge on any atom is -0.480 e. The molecule has 150 valence electrons. The van der Waals surface area contributed by atoms with Crippen LogP contribution in [-0.4, -0.2) is 62.7 Å². The Morgan fingerprint density at radius 3 is 2.32 bits per heavy atom. The van der Waals surface area contributed by atoms with Crippen LogP contribution in [0.3, 0.4) is 0 Å². The van der Waals surface area contributed by atoms with Crippen molar-refractivity contribution in [3.63, 3.8) is 0 Å². The largest absolute Gasteiger partial charge is 0.480 e. The van der Waals surface area contributed by atoms with Crippen molar-refractivity contribution in [2.75, 3.05) is 6.61 Å². The molecule has 2 amide bonds. The van der Waals surface area contributed by atoms with Crippen LogP contribution >= 0.6 is 0 Å². The van der Waals surface area contributed by atoms with Gasteiger partial charge in [0.05, 0.1) is 19.0 Å². The molecule has 1 aromatic carbocycles. The van der Waals surface area contributed by atoms with Gasteiger partial charge in [0, 0.05) is 24.7 Å². The highest BCUT2D eigenvalue weighted by atomic mass is 16.4. The summed E-state index contributed by atoms with van der Waals surface area (Å²) in [6.07, 6.45) is 3.19. The van der Waals surface area contributed by atoms with Crippen molar-refractivity contribution < 1.29 is 24.6 Å². The Labute approximate surface area is 161 Å². The monoisotopic (exact) mass is 389 g/mol. The van der Waals surface area contributed by atoms with E-state index < -0.39 is 42.5 Å². The number of aromatic amines is 1. The second kappa shape index (κ2) is 10.2. The molecule has 10 nitrogen and oxygen atoms in total. The highest BCUT2D eigenvalue weighted by Gasteiger charge is 2.27. The van der Waals surface area contributed by atoms with Gasteiger partial charge in [-0.2, -0.15) is 0 Å². The van der Waals surface area contributed by atoms with Crippen LogP contribution in [0.25, 0.3) is 0 Å². The molecule has 0 aliphatic rings. The summed E-state index contributed by atoms with van der Waals surface area (Å²) < 4.78 is 0. The first-order chi connectivity index (χ1) is 13.4. The highest BCUT2D eigenvalue weighted by Crippen LogP contribution is 2.04. The number of rotatable bonds is 10. The fourth-order valence-corrected chi connectivity index (χ4v) is 2.52. The lowest BCUT2D eigenvalue weighted by Gasteiger charge is -2.21. The van der Waals surface area contributed by atoms with E-state index in [0.29, 0.717) is 5.69 Å². The molecule has 2 rings (SSSR count). The fourth-order valence-electron chi connectivity index (χ4n) is 2.52. The topological polar surface area (TPSA) is 170 Å². The average molecular weight is 389 g/mol. The lowest BCUT2D eigenvalue weighted by molar-refractivity contribution is -0.142. The van der Waals surface area contributed by atoms with E-state index in [1.54, 1.807) is 30.3 Å². The second-order valence-electron chi connectivity index (χ2n) is 6.22. The zero-order chi connectivity index (χ0) is 20.5. The summed E-state index contributed by atoms with van der Waals surface area (Å²) in [5.41, 5.74) is 7.16. The third-order valence-electron chi connectivity index (χ3n) is 4.04. The maximum atomic E-state index is 12.3. The smallest absolute Gasteiger partial charge is 0.326 e. The van der Waals surface area contributed by atoms with Gasteiger partial charge in [-0.3, -0.25) is 9.59 Å². The van der Waals surface area contributed by atoms with Crippen LogP contribution in [0.4, 0.5) is 0 Å². The van der Waals surface area contributed by atoms with Gasteiger partial charge < -0.3 is 31.6 Å². The van der Waals surface area contributed by atoms with E-state index in [0.717, 1.165) is 5.56 Å². The number of carboxylic acids is 1. The van der Waals surface area contributed by atoms with Gasteiger partial charge >= 0.3 is 5.97 Å². The number of aliphatic hydroxyl groups is 1. The molecule has 1 aromatic heterocycles. The summed E-state index contributed by atoms with van der Waals surface area (Å²) in [5, 5.41) is 23.5. The van der Waals surface area contributed by atoms with Gasteiger partial charge in [0.1, 0.15) is 12.1 Å². The minimum atomic E-state index is -1.32. The number of nitrogens with one attached hydrogen (secondary N) is 3. The molecule has 0 spiro atoms. The molecular weight excluding hydrogens is 366 g/mol. The molecule has 0 fully saturated rings. The number of nitrogens with zero attached hydrogens (tertiary/aromatic N) is 1. The average Bonchev–Trinajstić information content (AvgIpc) is 3.18. The Bertz CT molecular complexity index is 781. The summed E-state index contributed by atoms with van der Waals surface area (Å²) in [7, 11) is 0. The van der Waals surface area contributed by atoms with Crippen molar-refractivity contribution in [3.8, 4) is 0 Å². The number of hydrogen-bond donors (Lipinski definition) is 6. The second-order valence-corrected chi connectivity index (χ2v) is 6.22. The van der Waals surface area contributed by atoms with Crippen LogP contribution in [0, 0.1) is 0 Å². The van der Waals surface area contributed by atoms with E-state index in [9.17, 15) is 24.6 Å². The molecule has 0 unspecified atom stereocenters. The van der Waals surface area contributed by atoms with Crippen LogP contribution in [0.2, 0.25) is 0 Å². The lowest BCUT2D eigenvalue weighted by Crippen LogP contribution is -2.56. The first-order valence-electron chi connectivity index (χ1n) is 8.62. The number of nitrogens with two attached hydrogens (primary N) is 1. The maximum Gasteiger partial charge on any atom is 0.326 e. The van der Waals surface area contributed by atoms with Gasteiger partial charge in [-0.1, -0.05) is 30.3 Å². The number of carbonyl (C=O) groups excluding carboxylic acids is 2. The van der Waals surface area contributed by atoms with E-state index in [1.165, 1.54) is 12.5 Å². The number of imidazole rings is 1. The molecule has 0 saturated heterocycles. The normalized spacial score (nSPS) is 13.9. The predicted octanol–water partition coefficient (Wildman–Crippen LogP) is -1.43. The van der Waals surface area contributed by atoms with Crippen LogP contribution < -0.4 is 16.4 Å². The zero-order valence-corrected chi connectivity index (χ0v) is 15.0. The Hall–Kier alpha value is -3.24. The molecule has 2 aromatic rings. The first kappa shape index (κ1) is 21.1. The first-order valence-corrected chi connectivity index (χ1v) is 8.62. The molecule has 0 radical (unpaired) electrons. The lowest BCUT2D eigenvalue weighted by atomic mass is 10.1. The molecule has 1 heterocycles. The van der Waals surface area contributed by atoms with Crippen LogP contribution in [-0.2, 0) is 27.2 Å². The molecule has 28 heavy (non-hydrogen) atoms. The zero-order valence-electron chi connectivity index (χ0n) is 15.0. The Kier molecular flexibility index (Phi) is 7.66. The molecule has 0 saturated carbocycles. The molecule has 0 aliphatic heterocycles. The van der Waals surface area contributed by atoms with E-state index in [4.69, 9.17) is 5.73 Å². The van der Waals surface area contributed by atoms with Crippen molar-refractivity contribution in [1.29, 1.82) is 0 Å². The van der Waals surface area contributed by atoms with Gasteiger partial charge in [0.2, 0.25) is 11.8 Å². The Morgan fingerprint density at radius 2 is 1.75 bits per heavy atom.